The van der Waals surface area contributed by atoms with Crippen LogP contribution in [0.4, 0.5) is 0 Å². The first kappa shape index (κ1) is 28.9. The van der Waals surface area contributed by atoms with Gasteiger partial charge in [-0.1, -0.05) is 109 Å². The van der Waals surface area contributed by atoms with E-state index in [4.69, 9.17) is 0 Å². The van der Waals surface area contributed by atoms with E-state index in [1.165, 1.54) is 87.8 Å². The third-order valence-corrected chi connectivity index (χ3v) is 10.8. The highest BCUT2D eigenvalue weighted by atomic mass is 15.0. The lowest BCUT2D eigenvalue weighted by Crippen LogP contribution is -1.98. The summed E-state index contributed by atoms with van der Waals surface area (Å²) in [6.07, 6.45) is 0. The summed E-state index contributed by atoms with van der Waals surface area (Å²) in [6, 6.07) is 66.6. The second-order valence-electron chi connectivity index (χ2n) is 13.9. The molecule has 0 aliphatic rings. The molecule has 0 saturated heterocycles. The molecule has 3 heteroatoms. The van der Waals surface area contributed by atoms with Crippen molar-refractivity contribution in [2.75, 3.05) is 0 Å². The zero-order valence-corrected chi connectivity index (χ0v) is 28.7. The Kier molecular flexibility index (Phi) is 6.17. The van der Waals surface area contributed by atoms with Crippen molar-refractivity contribution in [2.45, 2.75) is 6.92 Å². The Bertz CT molecular complexity index is 3100. The van der Waals surface area contributed by atoms with Crippen molar-refractivity contribution >= 4 is 65.4 Å². The van der Waals surface area contributed by atoms with E-state index in [0.717, 1.165) is 11.4 Å². The molecule has 0 unspecified atom stereocenters. The molecule has 0 spiro atoms. The molecule has 244 valence electrons. The quantitative estimate of drug-likeness (QED) is 0.178. The first-order chi connectivity index (χ1) is 25.7. The van der Waals surface area contributed by atoms with Gasteiger partial charge in [-0.2, -0.15) is 0 Å². The topological polar surface area (TPSA) is 14.8 Å². The number of hydrogen-bond donors (Lipinski definition) is 0. The van der Waals surface area contributed by atoms with Crippen LogP contribution in [0.3, 0.4) is 0 Å². The number of nitrogens with zero attached hydrogens (tertiary/aromatic N) is 3. The second kappa shape index (κ2) is 11.1. The minimum Gasteiger partial charge on any atom is -0.309 e. The van der Waals surface area contributed by atoms with Gasteiger partial charge in [-0.15, -0.1) is 0 Å². The fraction of sp³-hybridized carbons (Fsp3) is 0.0204. The number of fused-ring (bicyclic) bond motifs is 9. The van der Waals surface area contributed by atoms with Crippen molar-refractivity contribution in [1.29, 1.82) is 0 Å². The summed E-state index contributed by atoms with van der Waals surface area (Å²) < 4.78 is 7.23. The molecule has 3 heterocycles. The van der Waals surface area contributed by atoms with Gasteiger partial charge in [0.25, 0.3) is 0 Å². The molecule has 8 aromatic carbocycles. The minimum atomic E-state index is 1.14. The van der Waals surface area contributed by atoms with E-state index in [1.807, 2.05) is 0 Å². The largest absolute Gasteiger partial charge is 0.309 e. The number of benzene rings is 8. The van der Waals surface area contributed by atoms with E-state index >= 15 is 0 Å². The van der Waals surface area contributed by atoms with Crippen LogP contribution in [0.5, 0.6) is 0 Å². The summed E-state index contributed by atoms with van der Waals surface area (Å²) >= 11 is 0. The van der Waals surface area contributed by atoms with Gasteiger partial charge in [0.15, 0.2) is 0 Å². The average molecular weight is 664 g/mol. The lowest BCUT2D eigenvalue weighted by atomic mass is 10.00. The van der Waals surface area contributed by atoms with Crippen molar-refractivity contribution in [3.05, 3.63) is 188 Å². The standard InChI is InChI=1S/C49H33N3/c1-32-27-34(29-37(28-32)52-46-22-9-4-17-40(46)41-18-5-10-23-47(41)52)33-25-26-49-43(30-33)42-19-6-11-24-48(42)51(49)36-14-12-13-35(31-36)50-44-20-7-2-15-38(44)39-16-3-8-21-45(39)50/h2-31H,1H3. The van der Waals surface area contributed by atoms with Crippen molar-refractivity contribution in [3.63, 3.8) is 0 Å². The average Bonchev–Trinajstić information content (AvgIpc) is 3.83. The van der Waals surface area contributed by atoms with Gasteiger partial charge >= 0.3 is 0 Å². The highest BCUT2D eigenvalue weighted by Crippen LogP contribution is 2.38. The number of aryl methyl sites for hydroxylation is 1. The van der Waals surface area contributed by atoms with E-state index in [-0.39, 0.29) is 0 Å². The highest BCUT2D eigenvalue weighted by Gasteiger charge is 2.17. The molecular formula is C49H33N3. The van der Waals surface area contributed by atoms with Crippen LogP contribution in [0.2, 0.25) is 0 Å². The fourth-order valence-corrected chi connectivity index (χ4v) is 8.66. The number of hydrogen-bond acceptors (Lipinski definition) is 0. The van der Waals surface area contributed by atoms with E-state index < -0.39 is 0 Å². The van der Waals surface area contributed by atoms with Crippen LogP contribution in [0.1, 0.15) is 5.56 Å². The van der Waals surface area contributed by atoms with Gasteiger partial charge in [0.05, 0.1) is 33.1 Å². The fourth-order valence-electron chi connectivity index (χ4n) is 8.66. The van der Waals surface area contributed by atoms with Gasteiger partial charge in [-0.3, -0.25) is 0 Å². The summed E-state index contributed by atoms with van der Waals surface area (Å²) in [5.41, 5.74) is 14.4. The van der Waals surface area contributed by atoms with Crippen LogP contribution >= 0.6 is 0 Å². The van der Waals surface area contributed by atoms with Crippen LogP contribution in [0, 0.1) is 6.92 Å². The number of aromatic nitrogens is 3. The Labute approximate surface area is 300 Å². The molecule has 0 radical (unpaired) electrons. The molecule has 3 nitrogen and oxygen atoms in total. The summed E-state index contributed by atoms with van der Waals surface area (Å²) in [5.74, 6) is 0. The minimum absolute atomic E-state index is 1.14. The molecule has 11 aromatic rings. The molecule has 0 bridgehead atoms. The van der Waals surface area contributed by atoms with Crippen molar-refractivity contribution in [1.82, 2.24) is 13.7 Å². The van der Waals surface area contributed by atoms with Crippen LogP contribution < -0.4 is 0 Å². The zero-order valence-electron chi connectivity index (χ0n) is 28.7. The van der Waals surface area contributed by atoms with E-state index in [0.29, 0.717) is 0 Å². The van der Waals surface area contributed by atoms with Crippen molar-refractivity contribution < 1.29 is 0 Å². The smallest absolute Gasteiger partial charge is 0.0541 e. The molecule has 3 aromatic heterocycles. The molecule has 52 heavy (non-hydrogen) atoms. The zero-order chi connectivity index (χ0) is 34.3. The van der Waals surface area contributed by atoms with E-state index in [9.17, 15) is 0 Å². The summed E-state index contributed by atoms with van der Waals surface area (Å²) in [5, 5.41) is 7.58. The van der Waals surface area contributed by atoms with Gasteiger partial charge in [-0.25, -0.2) is 0 Å². The molecule has 0 aliphatic heterocycles. The maximum atomic E-state index is 2.42. The second-order valence-corrected chi connectivity index (χ2v) is 13.9. The first-order valence-corrected chi connectivity index (χ1v) is 17.9. The Morgan fingerprint density at radius 3 is 1.15 bits per heavy atom. The number of para-hydroxylation sites is 5. The molecule has 0 amide bonds. The lowest BCUT2D eigenvalue weighted by molar-refractivity contribution is 1.13. The third-order valence-electron chi connectivity index (χ3n) is 10.8. The molecule has 0 fully saturated rings. The van der Waals surface area contributed by atoms with Crippen LogP contribution in [-0.4, -0.2) is 13.7 Å². The summed E-state index contributed by atoms with van der Waals surface area (Å²) in [6.45, 7) is 2.20. The van der Waals surface area contributed by atoms with Crippen LogP contribution in [-0.2, 0) is 0 Å². The van der Waals surface area contributed by atoms with Gasteiger partial charge in [0.1, 0.15) is 0 Å². The Morgan fingerprint density at radius 2 is 0.673 bits per heavy atom. The third kappa shape index (κ3) is 4.20. The first-order valence-electron chi connectivity index (χ1n) is 17.9. The van der Waals surface area contributed by atoms with Crippen molar-refractivity contribution in [3.8, 4) is 28.2 Å². The van der Waals surface area contributed by atoms with Gasteiger partial charge in [0, 0.05) is 49.4 Å². The lowest BCUT2D eigenvalue weighted by Gasteiger charge is -2.13. The molecule has 0 saturated carbocycles. The van der Waals surface area contributed by atoms with Gasteiger partial charge in [0.2, 0.25) is 0 Å². The Morgan fingerprint density at radius 1 is 0.269 bits per heavy atom. The molecular weight excluding hydrogens is 631 g/mol. The SMILES string of the molecule is Cc1cc(-c2ccc3c(c2)c2ccccc2n3-c2cccc(-n3c4ccccc4c4ccccc43)c2)cc(-n2c3ccccc3c3ccccc32)c1. The van der Waals surface area contributed by atoms with E-state index in [2.05, 4.69) is 203 Å². The van der Waals surface area contributed by atoms with E-state index in [1.54, 1.807) is 0 Å². The van der Waals surface area contributed by atoms with Crippen LogP contribution in [0.25, 0.3) is 93.6 Å². The van der Waals surface area contributed by atoms with Gasteiger partial charge < -0.3 is 13.7 Å². The molecule has 0 atom stereocenters. The summed E-state index contributed by atoms with van der Waals surface area (Å²) in [4.78, 5) is 0. The number of rotatable bonds is 4. The van der Waals surface area contributed by atoms with Crippen molar-refractivity contribution in [2.24, 2.45) is 0 Å². The van der Waals surface area contributed by atoms with Gasteiger partial charge in [-0.05, 0) is 96.4 Å². The summed E-state index contributed by atoms with van der Waals surface area (Å²) in [7, 11) is 0. The monoisotopic (exact) mass is 663 g/mol. The highest BCUT2D eigenvalue weighted by molar-refractivity contribution is 6.12. The predicted molar refractivity (Wildman–Crippen MR) is 220 cm³/mol. The maximum Gasteiger partial charge on any atom is 0.0541 e. The molecule has 11 rings (SSSR count). The predicted octanol–water partition coefficient (Wildman–Crippen LogP) is 13.0. The Hall–Kier alpha value is -6.84. The Balaban J connectivity index is 1.09. The molecule has 0 aliphatic carbocycles. The normalized spacial score (nSPS) is 11.9. The maximum absolute atomic E-state index is 2.42. The van der Waals surface area contributed by atoms with Crippen LogP contribution in [0.15, 0.2) is 182 Å². The molecule has 0 N–H and O–H groups in total.